The molecule has 1 amide bonds. The highest BCUT2D eigenvalue weighted by molar-refractivity contribution is 5.67. The summed E-state index contributed by atoms with van der Waals surface area (Å²) in [5.41, 5.74) is -0.486. The van der Waals surface area contributed by atoms with Gasteiger partial charge in [0.1, 0.15) is 5.60 Å². The van der Waals surface area contributed by atoms with Gasteiger partial charge in [-0.25, -0.2) is 4.79 Å². The zero-order valence-electron chi connectivity index (χ0n) is 9.46. The van der Waals surface area contributed by atoms with Gasteiger partial charge in [-0.05, 0) is 27.2 Å². The summed E-state index contributed by atoms with van der Waals surface area (Å²) in [6.45, 7) is 7.64. The monoisotopic (exact) mass is 203 g/mol. The average Bonchev–Trinajstić information content (AvgIpc) is 1.98. The second-order valence-electron chi connectivity index (χ2n) is 4.33. The predicted molar refractivity (Wildman–Crippen MR) is 55.2 cm³/mol. The standard InChI is InChI=1S/C10H21NO3/c1-5-6-8(12)7-11-9(13)14-10(2,3)4/h8,12H,5-7H2,1-4H3,(H,11,13)/t8-/m0/s1. The zero-order chi connectivity index (χ0) is 11.2. The number of amides is 1. The summed E-state index contributed by atoms with van der Waals surface area (Å²) >= 11 is 0. The first kappa shape index (κ1) is 13.2. The van der Waals surface area contributed by atoms with E-state index in [0.717, 1.165) is 6.42 Å². The molecule has 14 heavy (non-hydrogen) atoms. The molecule has 0 heterocycles. The smallest absolute Gasteiger partial charge is 0.407 e. The Bertz CT molecular complexity index is 175. The molecule has 0 radical (unpaired) electrons. The quantitative estimate of drug-likeness (QED) is 0.730. The van der Waals surface area contributed by atoms with E-state index < -0.39 is 17.8 Å². The molecular weight excluding hydrogens is 182 g/mol. The van der Waals surface area contributed by atoms with Crippen LogP contribution in [0.5, 0.6) is 0 Å². The van der Waals surface area contributed by atoms with Gasteiger partial charge in [0.25, 0.3) is 0 Å². The number of hydrogen-bond acceptors (Lipinski definition) is 3. The fourth-order valence-electron chi connectivity index (χ4n) is 0.951. The van der Waals surface area contributed by atoms with Crippen molar-refractivity contribution in [2.24, 2.45) is 0 Å². The lowest BCUT2D eigenvalue weighted by Crippen LogP contribution is -2.36. The molecule has 84 valence electrons. The highest BCUT2D eigenvalue weighted by Gasteiger charge is 2.16. The van der Waals surface area contributed by atoms with E-state index in [1.54, 1.807) is 20.8 Å². The van der Waals surface area contributed by atoms with Crippen molar-refractivity contribution in [3.8, 4) is 0 Å². The van der Waals surface area contributed by atoms with Crippen molar-refractivity contribution < 1.29 is 14.6 Å². The molecule has 4 nitrogen and oxygen atoms in total. The molecule has 0 aromatic rings. The van der Waals surface area contributed by atoms with Crippen molar-refractivity contribution in [2.75, 3.05) is 6.54 Å². The number of nitrogens with one attached hydrogen (secondary N) is 1. The largest absolute Gasteiger partial charge is 0.444 e. The van der Waals surface area contributed by atoms with Gasteiger partial charge in [0.15, 0.2) is 0 Å². The summed E-state index contributed by atoms with van der Waals surface area (Å²) < 4.78 is 5.01. The van der Waals surface area contributed by atoms with Crippen molar-refractivity contribution in [3.63, 3.8) is 0 Å². The van der Waals surface area contributed by atoms with Crippen LogP contribution in [-0.4, -0.2) is 29.4 Å². The maximum atomic E-state index is 11.1. The molecular formula is C10H21NO3. The van der Waals surface area contributed by atoms with Crippen molar-refractivity contribution >= 4 is 6.09 Å². The van der Waals surface area contributed by atoms with Crippen LogP contribution in [-0.2, 0) is 4.74 Å². The van der Waals surface area contributed by atoms with E-state index >= 15 is 0 Å². The normalized spacial score (nSPS) is 13.5. The molecule has 4 heteroatoms. The fourth-order valence-corrected chi connectivity index (χ4v) is 0.951. The summed E-state index contributed by atoms with van der Waals surface area (Å²) in [6.07, 6.45) is 0.632. The van der Waals surface area contributed by atoms with Crippen LogP contribution in [0.2, 0.25) is 0 Å². The van der Waals surface area contributed by atoms with E-state index in [0.29, 0.717) is 6.42 Å². The molecule has 0 aromatic heterocycles. The van der Waals surface area contributed by atoms with Gasteiger partial charge in [-0.2, -0.15) is 0 Å². The molecule has 0 unspecified atom stereocenters. The van der Waals surface area contributed by atoms with E-state index in [-0.39, 0.29) is 6.54 Å². The van der Waals surface area contributed by atoms with E-state index in [9.17, 15) is 9.90 Å². The number of alkyl carbamates (subject to hydrolysis) is 1. The minimum Gasteiger partial charge on any atom is -0.444 e. The minimum atomic E-state index is -0.486. The molecule has 0 saturated carbocycles. The number of carbonyl (C=O) groups is 1. The number of carbonyl (C=O) groups excluding carboxylic acids is 1. The summed E-state index contributed by atoms with van der Waals surface area (Å²) in [7, 11) is 0. The Morgan fingerprint density at radius 2 is 2.07 bits per heavy atom. The van der Waals surface area contributed by atoms with E-state index in [4.69, 9.17) is 4.74 Å². The molecule has 0 aliphatic carbocycles. The summed E-state index contributed by atoms with van der Waals surface area (Å²) in [4.78, 5) is 11.1. The summed E-state index contributed by atoms with van der Waals surface area (Å²) in [5, 5.41) is 11.8. The van der Waals surface area contributed by atoms with Crippen LogP contribution in [0.1, 0.15) is 40.5 Å². The minimum absolute atomic E-state index is 0.253. The van der Waals surface area contributed by atoms with Gasteiger partial charge >= 0.3 is 6.09 Å². The summed E-state index contributed by atoms with van der Waals surface area (Å²) in [5.74, 6) is 0. The second kappa shape index (κ2) is 5.86. The number of hydrogen-bond donors (Lipinski definition) is 2. The summed E-state index contributed by atoms with van der Waals surface area (Å²) in [6, 6.07) is 0. The van der Waals surface area contributed by atoms with E-state index in [1.807, 2.05) is 6.92 Å². The topological polar surface area (TPSA) is 58.6 Å². The van der Waals surface area contributed by atoms with Gasteiger partial charge in [-0.1, -0.05) is 13.3 Å². The second-order valence-corrected chi connectivity index (χ2v) is 4.33. The molecule has 2 N–H and O–H groups in total. The Kier molecular flexibility index (Phi) is 5.53. The van der Waals surface area contributed by atoms with Crippen molar-refractivity contribution in [1.29, 1.82) is 0 Å². The Hall–Kier alpha value is -0.770. The Morgan fingerprint density at radius 1 is 1.50 bits per heavy atom. The lowest BCUT2D eigenvalue weighted by molar-refractivity contribution is 0.0488. The number of aliphatic hydroxyl groups is 1. The molecule has 0 aliphatic rings. The first-order valence-corrected chi connectivity index (χ1v) is 5.00. The van der Waals surface area contributed by atoms with Gasteiger partial charge in [0.2, 0.25) is 0 Å². The maximum Gasteiger partial charge on any atom is 0.407 e. The van der Waals surface area contributed by atoms with Crippen molar-refractivity contribution in [1.82, 2.24) is 5.32 Å². The predicted octanol–water partition coefficient (Wildman–Crippen LogP) is 1.67. The molecule has 0 spiro atoms. The number of aliphatic hydroxyl groups excluding tert-OH is 1. The van der Waals surface area contributed by atoms with Gasteiger partial charge in [0, 0.05) is 6.54 Å². The zero-order valence-corrected chi connectivity index (χ0v) is 9.46. The van der Waals surface area contributed by atoms with E-state index in [2.05, 4.69) is 5.32 Å². The molecule has 0 aromatic carbocycles. The molecule has 0 bridgehead atoms. The number of rotatable bonds is 4. The Balaban J connectivity index is 3.64. The van der Waals surface area contributed by atoms with Gasteiger partial charge in [-0.15, -0.1) is 0 Å². The van der Waals surface area contributed by atoms with Gasteiger partial charge in [-0.3, -0.25) is 0 Å². The molecule has 0 saturated heterocycles. The highest BCUT2D eigenvalue weighted by Crippen LogP contribution is 2.06. The van der Waals surface area contributed by atoms with Crippen LogP contribution in [0.4, 0.5) is 4.79 Å². The average molecular weight is 203 g/mol. The van der Waals surface area contributed by atoms with Crippen LogP contribution in [0.25, 0.3) is 0 Å². The third-order valence-corrected chi connectivity index (χ3v) is 1.50. The number of ether oxygens (including phenoxy) is 1. The Labute approximate surface area is 85.6 Å². The lowest BCUT2D eigenvalue weighted by Gasteiger charge is -2.20. The fraction of sp³-hybridized carbons (Fsp3) is 0.900. The van der Waals surface area contributed by atoms with Crippen LogP contribution in [0, 0.1) is 0 Å². The van der Waals surface area contributed by atoms with Crippen LogP contribution in [0.3, 0.4) is 0 Å². The third kappa shape index (κ3) is 7.86. The van der Waals surface area contributed by atoms with E-state index in [1.165, 1.54) is 0 Å². The van der Waals surface area contributed by atoms with Crippen LogP contribution < -0.4 is 5.32 Å². The third-order valence-electron chi connectivity index (χ3n) is 1.50. The highest BCUT2D eigenvalue weighted by atomic mass is 16.6. The first-order chi connectivity index (χ1) is 6.35. The van der Waals surface area contributed by atoms with Crippen molar-refractivity contribution in [2.45, 2.75) is 52.2 Å². The first-order valence-electron chi connectivity index (χ1n) is 5.00. The van der Waals surface area contributed by atoms with Gasteiger partial charge < -0.3 is 15.2 Å². The SMILES string of the molecule is CCC[C@H](O)CNC(=O)OC(C)(C)C. The molecule has 1 atom stereocenters. The Morgan fingerprint density at radius 3 is 2.50 bits per heavy atom. The van der Waals surface area contributed by atoms with Gasteiger partial charge in [0.05, 0.1) is 6.10 Å². The van der Waals surface area contributed by atoms with Crippen molar-refractivity contribution in [3.05, 3.63) is 0 Å². The molecule has 0 rings (SSSR count). The van der Waals surface area contributed by atoms with Crippen LogP contribution >= 0.6 is 0 Å². The van der Waals surface area contributed by atoms with Crippen LogP contribution in [0.15, 0.2) is 0 Å². The lowest BCUT2D eigenvalue weighted by atomic mass is 10.2. The molecule has 0 aliphatic heterocycles. The molecule has 0 fully saturated rings. The maximum absolute atomic E-state index is 11.1.